The van der Waals surface area contributed by atoms with Gasteiger partial charge in [-0.2, -0.15) is 18.2 Å². The maximum absolute atomic E-state index is 13.0. The van der Waals surface area contributed by atoms with E-state index in [1.807, 2.05) is 24.0 Å². The predicted octanol–water partition coefficient (Wildman–Crippen LogP) is 4.59. The molecule has 1 amide bonds. The van der Waals surface area contributed by atoms with Gasteiger partial charge in [-0.15, -0.1) is 0 Å². The van der Waals surface area contributed by atoms with Crippen LogP contribution in [0.2, 0.25) is 0 Å². The number of oxazole rings is 1. The zero-order valence-corrected chi connectivity index (χ0v) is 18.7. The van der Waals surface area contributed by atoms with Crippen LogP contribution in [0.3, 0.4) is 0 Å². The number of ether oxygens (including phenoxy) is 1. The monoisotopic (exact) mass is 512 g/mol. The topological polar surface area (TPSA) is 71.7 Å². The number of alkyl halides is 3. The van der Waals surface area contributed by atoms with E-state index >= 15 is 0 Å². The van der Waals surface area contributed by atoms with Crippen LogP contribution in [0.15, 0.2) is 39.2 Å². The van der Waals surface area contributed by atoms with Crippen molar-refractivity contribution in [3.63, 3.8) is 0 Å². The van der Waals surface area contributed by atoms with Gasteiger partial charge in [-0.25, -0.2) is 4.98 Å². The van der Waals surface area contributed by atoms with Gasteiger partial charge in [0.25, 0.3) is 11.9 Å². The number of anilines is 1. The third-order valence-corrected chi connectivity index (χ3v) is 5.45. The van der Waals surface area contributed by atoms with Crippen LogP contribution in [0.25, 0.3) is 11.2 Å². The Hall–Kier alpha value is -2.82. The van der Waals surface area contributed by atoms with Crippen molar-refractivity contribution in [3.05, 3.63) is 46.1 Å². The van der Waals surface area contributed by atoms with Crippen LogP contribution in [0.4, 0.5) is 19.2 Å². The molecule has 0 bridgehead atoms. The lowest BCUT2D eigenvalue weighted by Gasteiger charge is -2.33. The zero-order chi connectivity index (χ0) is 22.9. The van der Waals surface area contributed by atoms with Gasteiger partial charge >= 0.3 is 6.18 Å². The van der Waals surface area contributed by atoms with Crippen molar-refractivity contribution >= 4 is 39.1 Å². The Morgan fingerprint density at radius 2 is 1.91 bits per heavy atom. The second-order valence-electron chi connectivity index (χ2n) is 7.44. The Morgan fingerprint density at radius 1 is 1.16 bits per heavy atom. The molecule has 0 radical (unpaired) electrons. The standard InChI is InChI=1S/C21H20BrF3N4O3/c1-13-2-3-17-18(26-13)27-20(32-17)29-7-5-28(6-8-29)19(30)14-10-15(22)12-16(11-14)31-9-4-21(23,24)25/h2-3,10-12H,4-9H2,1H3. The first-order chi connectivity index (χ1) is 15.2. The number of amides is 1. The lowest BCUT2D eigenvalue weighted by molar-refractivity contribution is -0.139. The third-order valence-electron chi connectivity index (χ3n) is 4.99. The molecule has 0 atom stereocenters. The minimum Gasteiger partial charge on any atom is -0.493 e. The normalized spacial score (nSPS) is 14.8. The van der Waals surface area contributed by atoms with Crippen molar-refractivity contribution in [3.8, 4) is 5.75 Å². The summed E-state index contributed by atoms with van der Waals surface area (Å²) in [4.78, 5) is 25.4. The molecular formula is C21H20BrF3N4O3. The second kappa shape index (κ2) is 8.97. The van der Waals surface area contributed by atoms with Crippen LogP contribution < -0.4 is 9.64 Å². The van der Waals surface area contributed by atoms with Gasteiger partial charge in [0, 0.05) is 41.9 Å². The first-order valence-corrected chi connectivity index (χ1v) is 10.8. The van der Waals surface area contributed by atoms with Crippen molar-refractivity contribution in [1.82, 2.24) is 14.9 Å². The van der Waals surface area contributed by atoms with E-state index in [2.05, 4.69) is 25.9 Å². The van der Waals surface area contributed by atoms with Gasteiger partial charge in [0.2, 0.25) is 5.65 Å². The van der Waals surface area contributed by atoms with Gasteiger partial charge < -0.3 is 19.0 Å². The average molecular weight is 513 g/mol. The molecule has 170 valence electrons. The number of carbonyl (C=O) groups is 1. The Bertz CT molecular complexity index is 1130. The number of pyridine rings is 1. The predicted molar refractivity (Wildman–Crippen MR) is 115 cm³/mol. The van der Waals surface area contributed by atoms with Gasteiger partial charge in [-0.3, -0.25) is 4.79 Å². The summed E-state index contributed by atoms with van der Waals surface area (Å²) >= 11 is 3.29. The molecule has 1 aliphatic heterocycles. The molecule has 0 saturated carbocycles. The molecule has 1 fully saturated rings. The van der Waals surface area contributed by atoms with Crippen molar-refractivity contribution in [2.24, 2.45) is 0 Å². The van der Waals surface area contributed by atoms with E-state index in [0.717, 1.165) is 5.69 Å². The number of benzene rings is 1. The van der Waals surface area contributed by atoms with E-state index in [-0.39, 0.29) is 11.7 Å². The van der Waals surface area contributed by atoms with E-state index in [4.69, 9.17) is 9.15 Å². The molecule has 3 aromatic rings. The summed E-state index contributed by atoms with van der Waals surface area (Å²) in [6.45, 7) is 3.32. The van der Waals surface area contributed by atoms with Gasteiger partial charge in [0.15, 0.2) is 5.58 Å². The van der Waals surface area contributed by atoms with Gasteiger partial charge in [0.05, 0.1) is 13.0 Å². The Kier molecular flexibility index (Phi) is 6.27. The summed E-state index contributed by atoms with van der Waals surface area (Å²) in [6.07, 6.45) is -5.36. The molecule has 1 aliphatic rings. The van der Waals surface area contributed by atoms with Crippen molar-refractivity contribution in [1.29, 1.82) is 0 Å². The summed E-state index contributed by atoms with van der Waals surface area (Å²) in [5.74, 6) is -0.0126. The highest BCUT2D eigenvalue weighted by Gasteiger charge is 2.28. The van der Waals surface area contributed by atoms with Gasteiger partial charge in [-0.1, -0.05) is 15.9 Å². The number of aromatic nitrogens is 2. The Labute approximate surface area is 190 Å². The maximum atomic E-state index is 13.0. The van der Waals surface area contributed by atoms with Crippen LogP contribution >= 0.6 is 15.9 Å². The smallest absolute Gasteiger partial charge is 0.392 e. The van der Waals surface area contributed by atoms with E-state index in [0.29, 0.717) is 53.5 Å². The van der Waals surface area contributed by atoms with Gasteiger partial charge in [0.1, 0.15) is 5.75 Å². The highest BCUT2D eigenvalue weighted by molar-refractivity contribution is 9.10. The minimum atomic E-state index is -4.30. The van der Waals surface area contributed by atoms with Crippen molar-refractivity contribution in [2.45, 2.75) is 19.5 Å². The number of piperazine rings is 1. The first kappa shape index (κ1) is 22.4. The number of hydrogen-bond acceptors (Lipinski definition) is 6. The highest BCUT2D eigenvalue weighted by Crippen LogP contribution is 2.26. The van der Waals surface area contributed by atoms with Crippen LogP contribution in [-0.4, -0.2) is 59.7 Å². The number of nitrogens with zero attached hydrogens (tertiary/aromatic N) is 4. The SMILES string of the molecule is Cc1ccc2oc(N3CCN(C(=O)c4cc(Br)cc(OCCC(F)(F)F)c4)CC3)nc2n1. The Morgan fingerprint density at radius 3 is 2.62 bits per heavy atom. The number of halogens is 4. The Balaban J connectivity index is 1.39. The van der Waals surface area contributed by atoms with Crippen molar-refractivity contribution in [2.75, 3.05) is 37.7 Å². The molecule has 0 unspecified atom stereocenters. The molecule has 2 aromatic heterocycles. The molecule has 3 heterocycles. The molecule has 1 aromatic carbocycles. The molecule has 0 spiro atoms. The van der Waals surface area contributed by atoms with Crippen LogP contribution in [0.5, 0.6) is 5.75 Å². The second-order valence-corrected chi connectivity index (χ2v) is 8.35. The average Bonchev–Trinajstić information content (AvgIpc) is 3.15. The summed E-state index contributed by atoms with van der Waals surface area (Å²) in [5.41, 5.74) is 2.35. The van der Waals surface area contributed by atoms with Crippen LogP contribution in [-0.2, 0) is 0 Å². The molecule has 11 heteroatoms. The fraction of sp³-hybridized carbons (Fsp3) is 0.381. The minimum absolute atomic E-state index is 0.208. The molecular weight excluding hydrogens is 493 g/mol. The molecule has 0 aliphatic carbocycles. The summed E-state index contributed by atoms with van der Waals surface area (Å²) < 4.78 is 48.6. The lowest BCUT2D eigenvalue weighted by Crippen LogP contribution is -2.48. The molecule has 4 rings (SSSR count). The van der Waals surface area contributed by atoms with Crippen LogP contribution in [0.1, 0.15) is 22.5 Å². The quantitative estimate of drug-likeness (QED) is 0.498. The van der Waals surface area contributed by atoms with Crippen LogP contribution in [0, 0.1) is 6.92 Å². The summed E-state index contributed by atoms with van der Waals surface area (Å²) in [6, 6.07) is 8.77. The van der Waals surface area contributed by atoms with E-state index in [1.54, 1.807) is 11.0 Å². The number of hydrogen-bond donors (Lipinski definition) is 0. The molecule has 32 heavy (non-hydrogen) atoms. The van der Waals surface area contributed by atoms with Gasteiger partial charge in [-0.05, 0) is 37.3 Å². The molecule has 7 nitrogen and oxygen atoms in total. The van der Waals surface area contributed by atoms with E-state index < -0.39 is 19.2 Å². The fourth-order valence-corrected chi connectivity index (χ4v) is 3.85. The number of rotatable bonds is 5. The zero-order valence-electron chi connectivity index (χ0n) is 17.2. The number of aryl methyl sites for hydroxylation is 1. The number of fused-ring (bicyclic) bond motifs is 1. The highest BCUT2D eigenvalue weighted by atomic mass is 79.9. The molecule has 1 saturated heterocycles. The lowest BCUT2D eigenvalue weighted by atomic mass is 10.1. The van der Waals surface area contributed by atoms with E-state index in [1.165, 1.54) is 12.1 Å². The van der Waals surface area contributed by atoms with E-state index in [9.17, 15) is 18.0 Å². The summed E-state index contributed by atoms with van der Waals surface area (Å²) in [7, 11) is 0. The largest absolute Gasteiger partial charge is 0.493 e. The third kappa shape index (κ3) is 5.32. The fourth-order valence-electron chi connectivity index (χ4n) is 3.37. The molecule has 0 N–H and O–H groups in total. The number of carbonyl (C=O) groups excluding carboxylic acids is 1. The maximum Gasteiger partial charge on any atom is 0.392 e. The van der Waals surface area contributed by atoms with Crippen molar-refractivity contribution < 1.29 is 27.1 Å². The first-order valence-electron chi connectivity index (χ1n) is 9.96. The summed E-state index contributed by atoms with van der Waals surface area (Å²) in [5, 5.41) is 0.